The normalized spacial score (nSPS) is 29.3. The lowest BCUT2D eigenvalue weighted by Gasteiger charge is -2.40. The number of ether oxygens (including phenoxy) is 1. The van der Waals surface area contributed by atoms with Gasteiger partial charge in [0.1, 0.15) is 0 Å². The quantitative estimate of drug-likeness (QED) is 0.730. The molecular formula is C15H31NO. The Labute approximate surface area is 108 Å². The highest BCUT2D eigenvalue weighted by atomic mass is 16.5. The van der Waals surface area contributed by atoms with Gasteiger partial charge < -0.3 is 4.74 Å². The van der Waals surface area contributed by atoms with Gasteiger partial charge in [-0.05, 0) is 31.6 Å². The van der Waals surface area contributed by atoms with E-state index in [2.05, 4.69) is 46.4 Å². The monoisotopic (exact) mass is 241 g/mol. The Balaban J connectivity index is 2.45. The summed E-state index contributed by atoms with van der Waals surface area (Å²) in [6.45, 7) is 17.2. The van der Waals surface area contributed by atoms with Crippen LogP contribution in [0.3, 0.4) is 0 Å². The van der Waals surface area contributed by atoms with Gasteiger partial charge in [-0.3, -0.25) is 4.90 Å². The molecule has 2 heteroatoms. The summed E-state index contributed by atoms with van der Waals surface area (Å²) in [5, 5.41) is 0. The second-order valence-electron chi connectivity index (χ2n) is 6.83. The Kier molecular flexibility index (Phi) is 5.46. The average molecular weight is 241 g/mol. The molecule has 2 nitrogen and oxygen atoms in total. The van der Waals surface area contributed by atoms with Crippen molar-refractivity contribution in [2.24, 2.45) is 11.3 Å². The molecule has 3 atom stereocenters. The maximum Gasteiger partial charge on any atom is 0.0678 e. The summed E-state index contributed by atoms with van der Waals surface area (Å²) in [6.07, 6.45) is 3.39. The van der Waals surface area contributed by atoms with E-state index in [0.29, 0.717) is 17.6 Å². The third kappa shape index (κ3) is 5.39. The first-order chi connectivity index (χ1) is 7.82. The molecule has 17 heavy (non-hydrogen) atoms. The van der Waals surface area contributed by atoms with Gasteiger partial charge in [-0.1, -0.05) is 34.1 Å². The van der Waals surface area contributed by atoms with Crippen LogP contribution in [0.25, 0.3) is 0 Å². The number of hydrogen-bond donors (Lipinski definition) is 0. The zero-order valence-corrected chi connectivity index (χ0v) is 12.6. The van der Waals surface area contributed by atoms with E-state index in [1.165, 1.54) is 19.4 Å². The van der Waals surface area contributed by atoms with E-state index in [1.807, 2.05) is 0 Å². The van der Waals surface area contributed by atoms with Crippen molar-refractivity contribution in [1.29, 1.82) is 0 Å². The molecule has 0 bridgehead atoms. The molecule has 1 rings (SSSR count). The molecule has 0 spiro atoms. The van der Waals surface area contributed by atoms with Gasteiger partial charge in [0.2, 0.25) is 0 Å². The second-order valence-corrected chi connectivity index (χ2v) is 6.83. The Hall–Kier alpha value is -0.0800. The van der Waals surface area contributed by atoms with Crippen LogP contribution in [0.1, 0.15) is 54.4 Å². The molecule has 0 saturated carbocycles. The highest BCUT2D eigenvalue weighted by molar-refractivity contribution is 4.80. The summed E-state index contributed by atoms with van der Waals surface area (Å²) in [5.74, 6) is 0.834. The van der Waals surface area contributed by atoms with Gasteiger partial charge in [-0.2, -0.15) is 0 Å². The smallest absolute Gasteiger partial charge is 0.0678 e. The lowest BCUT2D eigenvalue weighted by atomic mass is 9.82. The molecule has 1 aliphatic heterocycles. The maximum atomic E-state index is 5.79. The molecule has 0 aliphatic carbocycles. The molecule has 1 aliphatic rings. The van der Waals surface area contributed by atoms with Crippen LogP contribution in [-0.4, -0.2) is 36.7 Å². The first-order valence-electron chi connectivity index (χ1n) is 7.20. The Morgan fingerprint density at radius 1 is 1.24 bits per heavy atom. The topological polar surface area (TPSA) is 12.5 Å². The number of rotatable bonds is 5. The van der Waals surface area contributed by atoms with Crippen molar-refractivity contribution in [3.05, 3.63) is 0 Å². The van der Waals surface area contributed by atoms with Crippen LogP contribution in [0.4, 0.5) is 0 Å². The van der Waals surface area contributed by atoms with Gasteiger partial charge in [0.15, 0.2) is 0 Å². The van der Waals surface area contributed by atoms with E-state index in [9.17, 15) is 0 Å². The molecule has 0 aromatic rings. The molecule has 0 radical (unpaired) electrons. The first kappa shape index (κ1) is 15.0. The lowest BCUT2D eigenvalue weighted by molar-refractivity contribution is -0.0767. The molecule has 0 N–H and O–H groups in total. The molecule has 0 amide bonds. The van der Waals surface area contributed by atoms with Gasteiger partial charge in [0, 0.05) is 19.6 Å². The highest BCUT2D eigenvalue weighted by Gasteiger charge is 2.28. The fourth-order valence-corrected chi connectivity index (χ4v) is 3.17. The summed E-state index contributed by atoms with van der Waals surface area (Å²) in [7, 11) is 0. The van der Waals surface area contributed by atoms with Crippen molar-refractivity contribution < 1.29 is 4.74 Å². The van der Waals surface area contributed by atoms with Crippen LogP contribution in [0.5, 0.6) is 0 Å². The van der Waals surface area contributed by atoms with Crippen LogP contribution in [0, 0.1) is 11.3 Å². The SMILES string of the molecule is CCC(C)CC(C)(C)CN1CC(C)OC(C)C1. The molecule has 0 aromatic heterocycles. The van der Waals surface area contributed by atoms with Crippen LogP contribution in [-0.2, 0) is 4.74 Å². The van der Waals surface area contributed by atoms with E-state index >= 15 is 0 Å². The van der Waals surface area contributed by atoms with Crippen molar-refractivity contribution in [3.8, 4) is 0 Å². The predicted molar refractivity (Wildman–Crippen MR) is 74.3 cm³/mol. The summed E-state index contributed by atoms with van der Waals surface area (Å²) >= 11 is 0. The Bertz CT molecular complexity index is 217. The van der Waals surface area contributed by atoms with E-state index < -0.39 is 0 Å². The van der Waals surface area contributed by atoms with Crippen molar-refractivity contribution in [2.75, 3.05) is 19.6 Å². The lowest BCUT2D eigenvalue weighted by Crippen LogP contribution is -2.48. The average Bonchev–Trinajstić information content (AvgIpc) is 2.13. The van der Waals surface area contributed by atoms with E-state index in [-0.39, 0.29) is 0 Å². The summed E-state index contributed by atoms with van der Waals surface area (Å²) in [6, 6.07) is 0. The fourth-order valence-electron chi connectivity index (χ4n) is 3.17. The van der Waals surface area contributed by atoms with E-state index in [1.54, 1.807) is 0 Å². The number of morpholine rings is 1. The summed E-state index contributed by atoms with van der Waals surface area (Å²) < 4.78 is 5.79. The minimum absolute atomic E-state index is 0.387. The highest BCUT2D eigenvalue weighted by Crippen LogP contribution is 2.29. The zero-order chi connectivity index (χ0) is 13.1. The third-order valence-corrected chi connectivity index (χ3v) is 3.74. The molecule has 102 valence electrons. The Morgan fingerprint density at radius 2 is 1.76 bits per heavy atom. The third-order valence-electron chi connectivity index (χ3n) is 3.74. The van der Waals surface area contributed by atoms with Crippen LogP contribution in [0.15, 0.2) is 0 Å². The van der Waals surface area contributed by atoms with Gasteiger partial charge in [0.05, 0.1) is 12.2 Å². The van der Waals surface area contributed by atoms with Gasteiger partial charge in [-0.15, -0.1) is 0 Å². The van der Waals surface area contributed by atoms with Crippen LogP contribution in [0.2, 0.25) is 0 Å². The molecule has 0 aromatic carbocycles. The second kappa shape index (κ2) is 6.19. The zero-order valence-electron chi connectivity index (χ0n) is 12.6. The Morgan fingerprint density at radius 3 is 2.24 bits per heavy atom. The van der Waals surface area contributed by atoms with Gasteiger partial charge in [-0.25, -0.2) is 0 Å². The summed E-state index contributed by atoms with van der Waals surface area (Å²) in [5.41, 5.74) is 0.423. The minimum atomic E-state index is 0.387. The molecule has 1 saturated heterocycles. The van der Waals surface area contributed by atoms with Crippen molar-refractivity contribution in [2.45, 2.75) is 66.6 Å². The molecular weight excluding hydrogens is 210 g/mol. The largest absolute Gasteiger partial charge is 0.373 e. The number of hydrogen-bond acceptors (Lipinski definition) is 2. The van der Waals surface area contributed by atoms with Crippen molar-refractivity contribution in [3.63, 3.8) is 0 Å². The van der Waals surface area contributed by atoms with Crippen LogP contribution < -0.4 is 0 Å². The molecule has 3 unspecified atom stereocenters. The molecule has 1 heterocycles. The van der Waals surface area contributed by atoms with Gasteiger partial charge in [0.25, 0.3) is 0 Å². The van der Waals surface area contributed by atoms with E-state index in [0.717, 1.165) is 19.0 Å². The van der Waals surface area contributed by atoms with Gasteiger partial charge >= 0.3 is 0 Å². The fraction of sp³-hybridized carbons (Fsp3) is 1.00. The first-order valence-corrected chi connectivity index (χ1v) is 7.20. The number of nitrogens with zero attached hydrogens (tertiary/aromatic N) is 1. The minimum Gasteiger partial charge on any atom is -0.373 e. The molecule has 1 fully saturated rings. The standard InChI is InChI=1S/C15H31NO/c1-7-12(2)8-15(5,6)11-16-9-13(3)17-14(4)10-16/h12-14H,7-11H2,1-6H3. The summed E-state index contributed by atoms with van der Waals surface area (Å²) in [4.78, 5) is 2.58. The van der Waals surface area contributed by atoms with Crippen LogP contribution >= 0.6 is 0 Å². The van der Waals surface area contributed by atoms with E-state index in [4.69, 9.17) is 4.74 Å². The van der Waals surface area contributed by atoms with Crippen molar-refractivity contribution >= 4 is 0 Å². The maximum absolute atomic E-state index is 5.79. The van der Waals surface area contributed by atoms with Crippen molar-refractivity contribution in [1.82, 2.24) is 4.90 Å². The predicted octanol–water partition coefficient (Wildman–Crippen LogP) is 3.56.